The molecule has 7 nitrogen and oxygen atoms in total. The first kappa shape index (κ1) is 20.0. The second kappa shape index (κ2) is 10.0. The largest absolute Gasteiger partial charge is 0.484 e. The van der Waals surface area contributed by atoms with Gasteiger partial charge in [0.05, 0.1) is 22.5 Å². The van der Waals surface area contributed by atoms with Gasteiger partial charge in [0, 0.05) is 12.4 Å². The molecule has 0 radical (unpaired) electrons. The van der Waals surface area contributed by atoms with Crippen LogP contribution in [0.5, 0.6) is 5.75 Å². The summed E-state index contributed by atoms with van der Waals surface area (Å²) in [7, 11) is 0. The van der Waals surface area contributed by atoms with Gasteiger partial charge >= 0.3 is 0 Å². The van der Waals surface area contributed by atoms with E-state index in [0.717, 1.165) is 5.56 Å². The Hall–Kier alpha value is -3.71. The first-order valence-corrected chi connectivity index (χ1v) is 9.00. The van der Waals surface area contributed by atoms with E-state index in [1.807, 2.05) is 0 Å². The number of halogens is 1. The van der Waals surface area contributed by atoms with Gasteiger partial charge in [-0.2, -0.15) is 5.10 Å². The van der Waals surface area contributed by atoms with Crippen LogP contribution in [0.4, 0.5) is 5.69 Å². The van der Waals surface area contributed by atoms with Crippen LogP contribution in [0.2, 0.25) is 5.02 Å². The standard InChI is InChI=1S/C21H17ClN4O3/c22-18-5-1-2-6-19(18)25-20(27)14-29-17-9-7-15(8-10-17)12-24-26-21(28)16-4-3-11-23-13-16/h1-13H,14H2,(H,25,27)(H,26,28)/b24-12-. The van der Waals surface area contributed by atoms with Gasteiger partial charge in [0.1, 0.15) is 5.75 Å². The van der Waals surface area contributed by atoms with Crippen LogP contribution in [0.25, 0.3) is 0 Å². The Labute approximate surface area is 172 Å². The summed E-state index contributed by atoms with van der Waals surface area (Å²) < 4.78 is 5.46. The van der Waals surface area contributed by atoms with Gasteiger partial charge in [-0.3, -0.25) is 14.6 Å². The molecule has 1 heterocycles. The molecule has 0 atom stereocenters. The van der Waals surface area contributed by atoms with E-state index in [-0.39, 0.29) is 18.4 Å². The lowest BCUT2D eigenvalue weighted by Gasteiger charge is -2.08. The van der Waals surface area contributed by atoms with Crippen molar-refractivity contribution in [2.24, 2.45) is 5.10 Å². The fraction of sp³-hybridized carbons (Fsp3) is 0.0476. The van der Waals surface area contributed by atoms with E-state index in [4.69, 9.17) is 16.3 Å². The number of hydrogen-bond donors (Lipinski definition) is 2. The van der Waals surface area contributed by atoms with Crippen LogP contribution in [0.15, 0.2) is 78.2 Å². The van der Waals surface area contributed by atoms with Crippen LogP contribution < -0.4 is 15.5 Å². The predicted molar refractivity (Wildman–Crippen MR) is 111 cm³/mol. The zero-order valence-electron chi connectivity index (χ0n) is 15.2. The summed E-state index contributed by atoms with van der Waals surface area (Å²) >= 11 is 6.00. The summed E-state index contributed by atoms with van der Waals surface area (Å²) in [4.78, 5) is 27.7. The van der Waals surface area contributed by atoms with Crippen molar-refractivity contribution in [1.29, 1.82) is 0 Å². The number of benzene rings is 2. The summed E-state index contributed by atoms with van der Waals surface area (Å²) in [6, 6.07) is 17.2. The number of para-hydroxylation sites is 1. The van der Waals surface area contributed by atoms with E-state index < -0.39 is 0 Å². The van der Waals surface area contributed by atoms with Crippen molar-refractivity contribution in [2.75, 3.05) is 11.9 Å². The number of hydrogen-bond acceptors (Lipinski definition) is 5. The van der Waals surface area contributed by atoms with Gasteiger partial charge in [0.25, 0.3) is 11.8 Å². The third kappa shape index (κ3) is 6.15. The van der Waals surface area contributed by atoms with Gasteiger partial charge in [-0.05, 0) is 54.1 Å². The Bertz CT molecular complexity index is 1010. The van der Waals surface area contributed by atoms with Crippen LogP contribution in [0.3, 0.4) is 0 Å². The monoisotopic (exact) mass is 408 g/mol. The number of hydrazone groups is 1. The SMILES string of the molecule is O=C(COc1ccc(/C=N\NC(=O)c2cccnc2)cc1)Nc1ccccc1Cl. The maximum absolute atomic E-state index is 12.0. The van der Waals surface area contributed by atoms with E-state index in [0.29, 0.717) is 22.0 Å². The maximum Gasteiger partial charge on any atom is 0.272 e. The second-order valence-corrected chi connectivity index (χ2v) is 6.23. The van der Waals surface area contributed by atoms with Crippen LogP contribution in [0.1, 0.15) is 15.9 Å². The highest BCUT2D eigenvalue weighted by Gasteiger charge is 2.06. The second-order valence-electron chi connectivity index (χ2n) is 5.83. The van der Waals surface area contributed by atoms with E-state index in [1.165, 1.54) is 12.4 Å². The molecule has 2 aromatic carbocycles. The van der Waals surface area contributed by atoms with Crippen molar-refractivity contribution in [2.45, 2.75) is 0 Å². The zero-order valence-corrected chi connectivity index (χ0v) is 16.0. The summed E-state index contributed by atoms with van der Waals surface area (Å²) in [5.41, 5.74) is 4.13. The number of nitrogens with zero attached hydrogens (tertiary/aromatic N) is 2. The van der Waals surface area contributed by atoms with E-state index >= 15 is 0 Å². The van der Waals surface area contributed by atoms with Crippen molar-refractivity contribution in [3.05, 3.63) is 89.2 Å². The predicted octanol–water partition coefficient (Wildman–Crippen LogP) is 3.52. The smallest absolute Gasteiger partial charge is 0.272 e. The van der Waals surface area contributed by atoms with E-state index in [2.05, 4.69) is 20.8 Å². The Kier molecular flexibility index (Phi) is 6.91. The van der Waals surface area contributed by atoms with Gasteiger partial charge in [0.15, 0.2) is 6.61 Å². The van der Waals surface area contributed by atoms with Crippen molar-refractivity contribution in [3.8, 4) is 5.75 Å². The van der Waals surface area contributed by atoms with Crippen LogP contribution >= 0.6 is 11.6 Å². The van der Waals surface area contributed by atoms with Crippen LogP contribution in [-0.2, 0) is 4.79 Å². The minimum absolute atomic E-state index is 0.153. The lowest BCUT2D eigenvalue weighted by molar-refractivity contribution is -0.118. The first-order valence-electron chi connectivity index (χ1n) is 8.62. The number of nitrogens with one attached hydrogen (secondary N) is 2. The number of amides is 2. The topological polar surface area (TPSA) is 92.7 Å². The molecule has 0 bridgehead atoms. The van der Waals surface area contributed by atoms with Gasteiger partial charge in [-0.25, -0.2) is 5.43 Å². The number of carbonyl (C=O) groups is 2. The molecule has 3 aromatic rings. The van der Waals surface area contributed by atoms with Gasteiger partial charge < -0.3 is 10.1 Å². The Morgan fingerprint density at radius 2 is 1.86 bits per heavy atom. The molecule has 146 valence electrons. The molecule has 0 fully saturated rings. The highest BCUT2D eigenvalue weighted by atomic mass is 35.5. The molecule has 0 aliphatic heterocycles. The summed E-state index contributed by atoms with van der Waals surface area (Å²) in [6.07, 6.45) is 4.55. The fourth-order valence-corrected chi connectivity index (χ4v) is 2.46. The Morgan fingerprint density at radius 1 is 1.07 bits per heavy atom. The fourth-order valence-electron chi connectivity index (χ4n) is 2.27. The Morgan fingerprint density at radius 3 is 2.59 bits per heavy atom. The lowest BCUT2D eigenvalue weighted by atomic mass is 10.2. The number of pyridine rings is 1. The molecule has 0 spiro atoms. The van der Waals surface area contributed by atoms with E-state index in [1.54, 1.807) is 66.9 Å². The lowest BCUT2D eigenvalue weighted by Crippen LogP contribution is -2.20. The zero-order chi connectivity index (χ0) is 20.5. The number of rotatable bonds is 7. The van der Waals surface area contributed by atoms with Crippen molar-refractivity contribution in [3.63, 3.8) is 0 Å². The summed E-state index contributed by atoms with van der Waals surface area (Å²) in [5, 5.41) is 7.05. The number of anilines is 1. The molecule has 0 saturated heterocycles. The normalized spacial score (nSPS) is 10.5. The molecule has 0 aliphatic carbocycles. The molecule has 1 aromatic heterocycles. The molecular weight excluding hydrogens is 392 g/mol. The average molecular weight is 409 g/mol. The maximum atomic E-state index is 12.0. The van der Waals surface area contributed by atoms with Crippen molar-refractivity contribution >= 4 is 35.3 Å². The van der Waals surface area contributed by atoms with Gasteiger partial charge in [0.2, 0.25) is 0 Å². The van der Waals surface area contributed by atoms with E-state index in [9.17, 15) is 9.59 Å². The molecular formula is C21H17ClN4O3. The summed E-state index contributed by atoms with van der Waals surface area (Å²) in [6.45, 7) is -0.153. The Balaban J connectivity index is 1.46. The molecule has 2 N–H and O–H groups in total. The minimum Gasteiger partial charge on any atom is -0.484 e. The molecule has 29 heavy (non-hydrogen) atoms. The van der Waals surface area contributed by atoms with Gasteiger partial charge in [-0.15, -0.1) is 0 Å². The summed E-state index contributed by atoms with van der Waals surface area (Å²) in [5.74, 6) is -0.142. The minimum atomic E-state index is -0.348. The third-order valence-electron chi connectivity index (χ3n) is 3.70. The van der Waals surface area contributed by atoms with Crippen molar-refractivity contribution < 1.29 is 14.3 Å². The average Bonchev–Trinajstić information content (AvgIpc) is 2.75. The molecule has 0 aliphatic rings. The molecule has 2 amide bonds. The quantitative estimate of drug-likeness (QED) is 0.462. The number of aromatic nitrogens is 1. The highest BCUT2D eigenvalue weighted by Crippen LogP contribution is 2.20. The number of carbonyl (C=O) groups excluding carboxylic acids is 2. The molecule has 3 rings (SSSR count). The molecule has 0 saturated carbocycles. The highest BCUT2D eigenvalue weighted by molar-refractivity contribution is 6.33. The first-order chi connectivity index (χ1) is 14.1. The van der Waals surface area contributed by atoms with Crippen LogP contribution in [-0.4, -0.2) is 29.6 Å². The van der Waals surface area contributed by atoms with Gasteiger partial charge in [-0.1, -0.05) is 23.7 Å². The number of ether oxygens (including phenoxy) is 1. The van der Waals surface area contributed by atoms with Crippen LogP contribution in [0, 0.1) is 0 Å². The van der Waals surface area contributed by atoms with Crippen molar-refractivity contribution in [1.82, 2.24) is 10.4 Å². The molecule has 0 unspecified atom stereocenters. The molecule has 8 heteroatoms. The third-order valence-corrected chi connectivity index (χ3v) is 4.03.